The fourth-order valence-corrected chi connectivity index (χ4v) is 4.43. The van der Waals surface area contributed by atoms with E-state index in [1.807, 2.05) is 24.3 Å². The minimum Gasteiger partial charge on any atom is -0.298 e. The van der Waals surface area contributed by atoms with Crippen LogP contribution in [0.2, 0.25) is 0 Å². The Kier molecular flexibility index (Phi) is 4.84. The van der Waals surface area contributed by atoms with Crippen LogP contribution in [0.15, 0.2) is 53.9 Å². The van der Waals surface area contributed by atoms with Gasteiger partial charge in [-0.15, -0.1) is 10.2 Å². The highest BCUT2D eigenvalue weighted by atomic mass is 32.2. The molecule has 1 saturated carbocycles. The van der Waals surface area contributed by atoms with Crippen LogP contribution in [0.4, 0.5) is 0 Å². The lowest BCUT2D eigenvalue weighted by atomic mass is 9.99. The van der Waals surface area contributed by atoms with Crippen LogP contribution in [0.5, 0.6) is 0 Å². The SMILES string of the molecule is Cc1ccccc1-n1c(S[C@H]2CCCCC2=O)nnc1-c1cccnc1. The Balaban J connectivity index is 1.81. The molecule has 1 atom stereocenters. The van der Waals surface area contributed by atoms with E-state index in [0.29, 0.717) is 12.2 Å². The third kappa shape index (κ3) is 3.29. The first kappa shape index (κ1) is 17.0. The highest BCUT2D eigenvalue weighted by molar-refractivity contribution is 8.00. The first-order valence-corrected chi connectivity index (χ1v) is 9.73. The normalized spacial score (nSPS) is 17.4. The van der Waals surface area contributed by atoms with E-state index in [-0.39, 0.29) is 5.25 Å². The molecule has 5 nitrogen and oxygen atoms in total. The molecular formula is C20H20N4OS. The molecule has 26 heavy (non-hydrogen) atoms. The number of carbonyl (C=O) groups excluding carboxylic acids is 1. The average Bonchev–Trinajstić information content (AvgIpc) is 3.08. The van der Waals surface area contributed by atoms with E-state index in [9.17, 15) is 4.79 Å². The Labute approximate surface area is 156 Å². The fourth-order valence-electron chi connectivity index (χ4n) is 3.26. The molecule has 6 heteroatoms. The maximum atomic E-state index is 12.3. The van der Waals surface area contributed by atoms with E-state index in [0.717, 1.165) is 47.1 Å². The number of hydrogen-bond acceptors (Lipinski definition) is 5. The molecule has 0 unspecified atom stereocenters. The van der Waals surface area contributed by atoms with Crippen LogP contribution in [-0.4, -0.2) is 30.8 Å². The summed E-state index contributed by atoms with van der Waals surface area (Å²) in [7, 11) is 0. The van der Waals surface area contributed by atoms with Gasteiger partial charge in [0.1, 0.15) is 5.78 Å². The third-order valence-electron chi connectivity index (χ3n) is 4.66. The quantitative estimate of drug-likeness (QED) is 0.693. The number of ketones is 1. The molecule has 0 bridgehead atoms. The fraction of sp³-hybridized carbons (Fsp3) is 0.300. The summed E-state index contributed by atoms with van der Waals surface area (Å²) in [6.45, 7) is 2.07. The molecular weight excluding hydrogens is 344 g/mol. The van der Waals surface area contributed by atoms with Gasteiger partial charge in [-0.05, 0) is 43.5 Å². The van der Waals surface area contributed by atoms with Crippen LogP contribution in [0.25, 0.3) is 17.1 Å². The minimum atomic E-state index is -0.0301. The van der Waals surface area contributed by atoms with E-state index >= 15 is 0 Å². The average molecular weight is 364 g/mol. The number of Topliss-reactive ketones (excluding diaryl/α,β-unsaturated/α-hetero) is 1. The van der Waals surface area contributed by atoms with Gasteiger partial charge in [0, 0.05) is 24.4 Å². The van der Waals surface area contributed by atoms with E-state index in [2.05, 4.69) is 38.8 Å². The summed E-state index contributed by atoms with van der Waals surface area (Å²) < 4.78 is 2.05. The van der Waals surface area contributed by atoms with Crippen LogP contribution in [0.3, 0.4) is 0 Å². The zero-order valence-corrected chi connectivity index (χ0v) is 15.4. The Morgan fingerprint density at radius 1 is 1.12 bits per heavy atom. The van der Waals surface area contributed by atoms with Crippen molar-refractivity contribution >= 4 is 17.5 Å². The van der Waals surface area contributed by atoms with Crippen molar-refractivity contribution < 1.29 is 4.79 Å². The second kappa shape index (κ2) is 7.41. The highest BCUT2D eigenvalue weighted by Gasteiger charge is 2.27. The van der Waals surface area contributed by atoms with Crippen LogP contribution >= 0.6 is 11.8 Å². The summed E-state index contributed by atoms with van der Waals surface area (Å²) in [6, 6.07) is 12.0. The lowest BCUT2D eigenvalue weighted by Crippen LogP contribution is -2.21. The first-order valence-electron chi connectivity index (χ1n) is 8.85. The van der Waals surface area contributed by atoms with Crippen LogP contribution in [0, 0.1) is 6.92 Å². The van der Waals surface area contributed by atoms with E-state index in [4.69, 9.17) is 0 Å². The van der Waals surface area contributed by atoms with E-state index < -0.39 is 0 Å². The molecule has 4 rings (SSSR count). The molecule has 0 N–H and O–H groups in total. The van der Waals surface area contributed by atoms with Gasteiger partial charge in [-0.1, -0.05) is 36.4 Å². The molecule has 0 radical (unpaired) electrons. The van der Waals surface area contributed by atoms with Gasteiger partial charge in [0.2, 0.25) is 0 Å². The van der Waals surface area contributed by atoms with Crippen molar-refractivity contribution in [3.8, 4) is 17.1 Å². The smallest absolute Gasteiger partial charge is 0.196 e. The van der Waals surface area contributed by atoms with E-state index in [1.54, 1.807) is 12.4 Å². The Hall–Kier alpha value is -2.47. The van der Waals surface area contributed by atoms with Crippen LogP contribution in [0.1, 0.15) is 31.2 Å². The highest BCUT2D eigenvalue weighted by Crippen LogP contribution is 2.35. The van der Waals surface area contributed by atoms with E-state index in [1.165, 1.54) is 11.8 Å². The number of rotatable bonds is 4. The molecule has 0 aliphatic heterocycles. The van der Waals surface area contributed by atoms with Crippen molar-refractivity contribution in [2.75, 3.05) is 0 Å². The van der Waals surface area contributed by atoms with Gasteiger partial charge in [0.25, 0.3) is 0 Å². The zero-order chi connectivity index (χ0) is 17.9. The molecule has 3 aromatic rings. The molecule has 1 fully saturated rings. The summed E-state index contributed by atoms with van der Waals surface area (Å²) >= 11 is 1.54. The standard InChI is InChI=1S/C20H20N4OS/c1-14-7-2-3-9-16(14)24-19(15-8-6-12-21-13-15)22-23-20(24)26-18-11-5-4-10-17(18)25/h2-3,6-9,12-13,18H,4-5,10-11H2,1H3/t18-/m0/s1. The molecule has 2 heterocycles. The number of carbonyl (C=O) groups is 1. The van der Waals surface area contributed by atoms with Gasteiger partial charge < -0.3 is 0 Å². The zero-order valence-electron chi connectivity index (χ0n) is 14.6. The van der Waals surface area contributed by atoms with Crippen LogP contribution in [-0.2, 0) is 4.79 Å². The maximum Gasteiger partial charge on any atom is 0.196 e. The summed E-state index contributed by atoms with van der Waals surface area (Å²) in [5, 5.41) is 9.60. The molecule has 1 aliphatic carbocycles. The number of aromatic nitrogens is 4. The molecule has 2 aromatic heterocycles. The topological polar surface area (TPSA) is 60.7 Å². The third-order valence-corrected chi connectivity index (χ3v) is 5.91. The van der Waals surface area contributed by atoms with Crippen molar-refractivity contribution in [2.24, 2.45) is 0 Å². The summed E-state index contributed by atoms with van der Waals surface area (Å²) in [6.07, 6.45) is 7.21. The number of nitrogens with zero attached hydrogens (tertiary/aromatic N) is 4. The molecule has 0 spiro atoms. The van der Waals surface area contributed by atoms with Gasteiger partial charge in [-0.3, -0.25) is 14.3 Å². The van der Waals surface area contributed by atoms with Gasteiger partial charge in [-0.2, -0.15) is 0 Å². The molecule has 0 amide bonds. The predicted octanol–water partition coefficient (Wildman–Crippen LogP) is 4.24. The van der Waals surface area contributed by atoms with Gasteiger partial charge >= 0.3 is 0 Å². The van der Waals surface area contributed by atoms with Crippen molar-refractivity contribution in [3.05, 3.63) is 54.4 Å². The number of hydrogen-bond donors (Lipinski definition) is 0. The Morgan fingerprint density at radius 2 is 2.00 bits per heavy atom. The summed E-state index contributed by atoms with van der Waals surface area (Å²) in [5.74, 6) is 1.07. The van der Waals surface area contributed by atoms with Gasteiger partial charge in [0.05, 0.1) is 10.9 Å². The monoisotopic (exact) mass is 364 g/mol. The summed E-state index contributed by atoms with van der Waals surface area (Å²) in [5.41, 5.74) is 3.07. The molecule has 0 saturated heterocycles. The number of pyridine rings is 1. The Morgan fingerprint density at radius 3 is 2.77 bits per heavy atom. The number of aryl methyl sites for hydroxylation is 1. The second-order valence-corrected chi connectivity index (χ2v) is 7.66. The number of para-hydroxylation sites is 1. The van der Waals surface area contributed by atoms with Crippen molar-refractivity contribution in [1.82, 2.24) is 19.7 Å². The van der Waals surface area contributed by atoms with Gasteiger partial charge in [-0.25, -0.2) is 0 Å². The first-order chi connectivity index (χ1) is 12.7. The van der Waals surface area contributed by atoms with Crippen molar-refractivity contribution in [3.63, 3.8) is 0 Å². The molecule has 1 aliphatic rings. The minimum absolute atomic E-state index is 0.0301. The molecule has 132 valence electrons. The lowest BCUT2D eigenvalue weighted by Gasteiger charge is -2.20. The summed E-state index contributed by atoms with van der Waals surface area (Å²) in [4.78, 5) is 16.5. The van der Waals surface area contributed by atoms with Crippen molar-refractivity contribution in [2.45, 2.75) is 43.0 Å². The predicted molar refractivity (Wildman–Crippen MR) is 102 cm³/mol. The molecule has 1 aromatic carbocycles. The largest absolute Gasteiger partial charge is 0.298 e. The van der Waals surface area contributed by atoms with Crippen molar-refractivity contribution in [1.29, 1.82) is 0 Å². The second-order valence-electron chi connectivity index (χ2n) is 6.49. The Bertz CT molecular complexity index is 923. The van der Waals surface area contributed by atoms with Gasteiger partial charge in [0.15, 0.2) is 11.0 Å². The van der Waals surface area contributed by atoms with Crippen LogP contribution < -0.4 is 0 Å². The number of thioether (sulfide) groups is 1. The lowest BCUT2D eigenvalue weighted by molar-refractivity contribution is -0.119. The maximum absolute atomic E-state index is 12.3. The number of benzene rings is 1.